The van der Waals surface area contributed by atoms with Crippen LogP contribution in [0.2, 0.25) is 0 Å². The van der Waals surface area contributed by atoms with E-state index in [2.05, 4.69) is 10.3 Å². The van der Waals surface area contributed by atoms with Crippen molar-refractivity contribution in [3.63, 3.8) is 0 Å². The summed E-state index contributed by atoms with van der Waals surface area (Å²) in [5, 5.41) is 3.37. The minimum atomic E-state index is -3.26. The number of nitrogens with one attached hydrogen (secondary N) is 2. The van der Waals surface area contributed by atoms with Crippen molar-refractivity contribution in [3.8, 4) is 5.75 Å². The van der Waals surface area contributed by atoms with E-state index in [1.165, 1.54) is 17.5 Å². The van der Waals surface area contributed by atoms with Crippen LogP contribution in [0.25, 0.3) is 10.9 Å². The van der Waals surface area contributed by atoms with Gasteiger partial charge in [-0.15, -0.1) is 0 Å². The molecule has 2 heterocycles. The summed E-state index contributed by atoms with van der Waals surface area (Å²) in [4.78, 5) is 27.6. The number of benzene rings is 2. The molecule has 0 radical (unpaired) electrons. The van der Waals surface area contributed by atoms with Crippen molar-refractivity contribution < 1.29 is 17.9 Å². The topological polar surface area (TPSA) is 109 Å². The molecule has 29 heavy (non-hydrogen) atoms. The lowest BCUT2D eigenvalue weighted by Gasteiger charge is -2.17. The van der Waals surface area contributed by atoms with E-state index in [0.717, 1.165) is 0 Å². The standard InChI is InChI=1S/C20H19N3O5S/c1-28-16-8-3-13-11-17(20(25)22-18(13)12-16)19(24)21-14-4-6-15(7-5-14)23-9-2-10-29(23,26)27/h3-8,11-12H,2,9-10H2,1H3,(H,21,24)(H,22,25). The molecule has 3 aromatic rings. The molecule has 0 bridgehead atoms. The van der Waals surface area contributed by atoms with Crippen LogP contribution in [0.15, 0.2) is 53.3 Å². The first kappa shape index (κ1) is 19.0. The van der Waals surface area contributed by atoms with Gasteiger partial charge in [0.05, 0.1) is 24.1 Å². The van der Waals surface area contributed by atoms with Crippen molar-refractivity contribution in [2.75, 3.05) is 29.0 Å². The molecule has 1 fully saturated rings. The number of amides is 1. The number of fused-ring (bicyclic) bond motifs is 1. The second kappa shape index (κ2) is 7.25. The van der Waals surface area contributed by atoms with E-state index in [-0.39, 0.29) is 11.3 Å². The Hall–Kier alpha value is -3.33. The normalized spacial score (nSPS) is 15.4. The maximum Gasteiger partial charge on any atom is 0.261 e. The van der Waals surface area contributed by atoms with Crippen LogP contribution in [0.1, 0.15) is 16.8 Å². The molecule has 0 atom stereocenters. The van der Waals surface area contributed by atoms with Crippen molar-refractivity contribution in [2.45, 2.75) is 6.42 Å². The van der Waals surface area contributed by atoms with Crippen LogP contribution >= 0.6 is 0 Å². The molecule has 9 heteroatoms. The number of methoxy groups -OCH3 is 1. The first-order valence-electron chi connectivity index (χ1n) is 9.00. The maximum absolute atomic E-state index is 12.6. The van der Waals surface area contributed by atoms with E-state index in [1.807, 2.05) is 0 Å². The Morgan fingerprint density at radius 3 is 2.55 bits per heavy atom. The average molecular weight is 413 g/mol. The lowest BCUT2D eigenvalue weighted by atomic mass is 10.1. The van der Waals surface area contributed by atoms with Gasteiger partial charge in [0.1, 0.15) is 11.3 Å². The number of pyridine rings is 1. The van der Waals surface area contributed by atoms with Crippen LogP contribution in [0, 0.1) is 0 Å². The van der Waals surface area contributed by atoms with E-state index < -0.39 is 21.5 Å². The predicted octanol–water partition coefficient (Wildman–Crippen LogP) is 2.33. The summed E-state index contributed by atoms with van der Waals surface area (Å²) in [5.74, 6) is 0.193. The molecule has 0 unspecified atom stereocenters. The van der Waals surface area contributed by atoms with Gasteiger partial charge < -0.3 is 15.0 Å². The molecule has 1 saturated heterocycles. The van der Waals surface area contributed by atoms with Crippen molar-refractivity contribution in [3.05, 3.63) is 64.4 Å². The Morgan fingerprint density at radius 1 is 1.14 bits per heavy atom. The van der Waals surface area contributed by atoms with Gasteiger partial charge in [0, 0.05) is 18.3 Å². The monoisotopic (exact) mass is 413 g/mol. The minimum absolute atomic E-state index is 0.0196. The average Bonchev–Trinajstić information content (AvgIpc) is 3.06. The van der Waals surface area contributed by atoms with Crippen molar-refractivity contribution in [1.82, 2.24) is 4.98 Å². The summed E-state index contributed by atoms with van der Waals surface area (Å²) in [6.07, 6.45) is 0.595. The van der Waals surface area contributed by atoms with Gasteiger partial charge in [-0.2, -0.15) is 0 Å². The third-order valence-electron chi connectivity index (χ3n) is 4.81. The Bertz CT molecular complexity index is 1250. The number of hydrogen-bond donors (Lipinski definition) is 2. The molecular formula is C20H19N3O5S. The zero-order valence-corrected chi connectivity index (χ0v) is 16.5. The van der Waals surface area contributed by atoms with Crippen molar-refractivity contribution >= 4 is 38.2 Å². The number of sulfonamides is 1. The molecule has 0 aliphatic carbocycles. The number of nitrogens with zero attached hydrogens (tertiary/aromatic N) is 1. The van der Waals surface area contributed by atoms with E-state index in [9.17, 15) is 18.0 Å². The fraction of sp³-hybridized carbons (Fsp3) is 0.200. The number of carbonyl (C=O) groups excluding carboxylic acids is 1. The van der Waals surface area contributed by atoms with Gasteiger partial charge in [0.2, 0.25) is 10.0 Å². The number of rotatable bonds is 4. The number of ether oxygens (including phenoxy) is 1. The molecule has 0 spiro atoms. The van der Waals surface area contributed by atoms with Gasteiger partial charge in [0.15, 0.2) is 0 Å². The molecule has 150 valence electrons. The number of H-pyrrole nitrogens is 1. The third kappa shape index (κ3) is 3.68. The van der Waals surface area contributed by atoms with Gasteiger partial charge in [-0.3, -0.25) is 13.9 Å². The molecule has 4 rings (SSSR count). The fourth-order valence-corrected chi connectivity index (χ4v) is 4.88. The van der Waals surface area contributed by atoms with Gasteiger partial charge in [0.25, 0.3) is 11.5 Å². The number of carbonyl (C=O) groups is 1. The van der Waals surface area contributed by atoms with Crippen LogP contribution < -0.4 is 19.9 Å². The Kier molecular flexibility index (Phi) is 4.75. The number of anilines is 2. The largest absolute Gasteiger partial charge is 0.497 e. The summed E-state index contributed by atoms with van der Waals surface area (Å²) in [6.45, 7) is 0.450. The fourth-order valence-electron chi connectivity index (χ4n) is 3.31. The molecule has 0 saturated carbocycles. The molecule has 1 aliphatic heterocycles. The zero-order chi connectivity index (χ0) is 20.6. The van der Waals surface area contributed by atoms with Crippen LogP contribution in [0.4, 0.5) is 11.4 Å². The second-order valence-electron chi connectivity index (χ2n) is 6.71. The zero-order valence-electron chi connectivity index (χ0n) is 15.6. The predicted molar refractivity (Wildman–Crippen MR) is 111 cm³/mol. The first-order chi connectivity index (χ1) is 13.9. The van der Waals surface area contributed by atoms with Gasteiger partial charge in [-0.25, -0.2) is 8.42 Å². The van der Waals surface area contributed by atoms with Crippen molar-refractivity contribution in [1.29, 1.82) is 0 Å². The maximum atomic E-state index is 12.6. The van der Waals surface area contributed by atoms with Gasteiger partial charge >= 0.3 is 0 Å². The lowest BCUT2D eigenvalue weighted by molar-refractivity contribution is 0.102. The highest BCUT2D eigenvalue weighted by atomic mass is 32.2. The minimum Gasteiger partial charge on any atom is -0.497 e. The van der Waals surface area contributed by atoms with E-state index in [1.54, 1.807) is 42.5 Å². The summed E-state index contributed by atoms with van der Waals surface area (Å²) in [6, 6.07) is 13.2. The van der Waals surface area contributed by atoms with Crippen LogP contribution in [-0.4, -0.2) is 38.7 Å². The first-order valence-corrected chi connectivity index (χ1v) is 10.6. The molecular weight excluding hydrogens is 394 g/mol. The highest BCUT2D eigenvalue weighted by Crippen LogP contribution is 2.25. The summed E-state index contributed by atoms with van der Waals surface area (Å²) < 4.78 is 30.5. The SMILES string of the molecule is COc1ccc2cc(C(=O)Nc3ccc(N4CCCS4(=O)=O)cc3)c(=O)[nH]c2c1. The Morgan fingerprint density at radius 2 is 1.90 bits per heavy atom. The number of aromatic nitrogens is 1. The van der Waals surface area contributed by atoms with Crippen molar-refractivity contribution in [2.24, 2.45) is 0 Å². The molecule has 1 aromatic heterocycles. The summed E-state index contributed by atoms with van der Waals surface area (Å²) in [7, 11) is -1.73. The quantitative estimate of drug-likeness (QED) is 0.682. The third-order valence-corrected chi connectivity index (χ3v) is 6.68. The summed E-state index contributed by atoms with van der Waals surface area (Å²) >= 11 is 0. The summed E-state index contributed by atoms with van der Waals surface area (Å²) in [5.41, 5.74) is 1.06. The molecule has 1 amide bonds. The molecule has 8 nitrogen and oxygen atoms in total. The van der Waals surface area contributed by atoms with Crippen LogP contribution in [0.5, 0.6) is 5.75 Å². The van der Waals surface area contributed by atoms with E-state index >= 15 is 0 Å². The number of hydrogen-bond acceptors (Lipinski definition) is 5. The van der Waals surface area contributed by atoms with E-state index in [4.69, 9.17) is 4.74 Å². The highest BCUT2D eigenvalue weighted by Gasteiger charge is 2.28. The van der Waals surface area contributed by atoms with Gasteiger partial charge in [-0.05, 0) is 54.3 Å². The Balaban J connectivity index is 1.56. The number of aromatic amines is 1. The lowest BCUT2D eigenvalue weighted by Crippen LogP contribution is -2.25. The van der Waals surface area contributed by atoms with Gasteiger partial charge in [-0.1, -0.05) is 0 Å². The van der Waals surface area contributed by atoms with E-state index in [0.29, 0.717) is 41.0 Å². The Labute approximate surface area is 167 Å². The van der Waals surface area contributed by atoms with Crippen LogP contribution in [0.3, 0.4) is 0 Å². The highest BCUT2D eigenvalue weighted by molar-refractivity contribution is 7.93. The smallest absolute Gasteiger partial charge is 0.261 e. The van der Waals surface area contributed by atoms with Crippen LogP contribution in [-0.2, 0) is 10.0 Å². The molecule has 1 aliphatic rings. The molecule has 2 aromatic carbocycles. The molecule has 2 N–H and O–H groups in total. The second-order valence-corrected chi connectivity index (χ2v) is 8.72.